The number of fused-ring (bicyclic) bond motifs is 3. The molecule has 0 radical (unpaired) electrons. The smallest absolute Gasteiger partial charge is 0.241 e. The summed E-state index contributed by atoms with van der Waals surface area (Å²) in [7, 11) is 1.80. The first kappa shape index (κ1) is 15.4. The van der Waals surface area contributed by atoms with Crippen molar-refractivity contribution in [1.29, 1.82) is 0 Å². The van der Waals surface area contributed by atoms with Gasteiger partial charge in [0.25, 0.3) is 0 Å². The van der Waals surface area contributed by atoms with E-state index in [1.165, 1.54) is 0 Å². The van der Waals surface area contributed by atoms with Gasteiger partial charge >= 0.3 is 0 Å². The van der Waals surface area contributed by atoms with E-state index in [1.807, 2.05) is 13.0 Å². The molecule has 0 saturated heterocycles. The van der Waals surface area contributed by atoms with Crippen LogP contribution in [-0.2, 0) is 13.7 Å². The van der Waals surface area contributed by atoms with Gasteiger partial charge in [-0.1, -0.05) is 10.4 Å². The summed E-state index contributed by atoms with van der Waals surface area (Å²) in [5, 5.41) is 26.5. The van der Waals surface area contributed by atoms with Crippen molar-refractivity contribution in [3.8, 4) is 17.4 Å². The van der Waals surface area contributed by atoms with Crippen molar-refractivity contribution in [3.05, 3.63) is 42.2 Å². The highest BCUT2D eigenvalue weighted by Gasteiger charge is 2.18. The molecule has 27 heavy (non-hydrogen) atoms. The third-order valence-corrected chi connectivity index (χ3v) is 3.99. The second kappa shape index (κ2) is 5.83. The zero-order valence-corrected chi connectivity index (χ0v) is 14.4. The largest absolute Gasteiger partial charge is 0.470 e. The van der Waals surface area contributed by atoms with E-state index in [1.54, 1.807) is 40.9 Å². The maximum absolute atomic E-state index is 5.91. The fourth-order valence-electron chi connectivity index (χ4n) is 2.79. The van der Waals surface area contributed by atoms with Crippen LogP contribution in [0.2, 0.25) is 0 Å². The Morgan fingerprint density at radius 3 is 2.89 bits per heavy atom. The summed E-state index contributed by atoms with van der Waals surface area (Å²) < 4.78 is 14.2. The molecule has 5 heterocycles. The van der Waals surface area contributed by atoms with E-state index in [2.05, 4.69) is 35.7 Å². The predicted octanol–water partition coefficient (Wildman–Crippen LogP) is 1.34. The number of hydrogen-bond donors (Lipinski definition) is 0. The normalized spacial score (nSPS) is 11.5. The molecule has 11 nitrogen and oxygen atoms in total. The number of aryl methyl sites for hydroxylation is 2. The standard InChI is InChI=1S/C16H13N9O2/c1-9-5-13(22-27-9)15-20-19-14-11-3-4-17-6-12(11)16(21-25(14)15)26-8-10-7-24(2)23-18-10/h3-7H,8H2,1-2H3. The number of ether oxygens (including phenoxy) is 1. The molecule has 0 unspecified atom stereocenters. The van der Waals surface area contributed by atoms with Gasteiger partial charge in [-0.25, -0.2) is 0 Å². The lowest BCUT2D eigenvalue weighted by Crippen LogP contribution is -2.04. The van der Waals surface area contributed by atoms with Gasteiger partial charge in [0.15, 0.2) is 11.3 Å². The average Bonchev–Trinajstić information content (AvgIpc) is 3.39. The van der Waals surface area contributed by atoms with Crippen molar-refractivity contribution in [2.45, 2.75) is 13.5 Å². The highest BCUT2D eigenvalue weighted by Crippen LogP contribution is 2.28. The molecule has 0 saturated carbocycles. The van der Waals surface area contributed by atoms with Crippen LogP contribution in [0.15, 0.2) is 35.2 Å². The van der Waals surface area contributed by atoms with Crippen LogP contribution in [0, 0.1) is 6.92 Å². The molecule has 5 aromatic heterocycles. The first-order valence-corrected chi connectivity index (χ1v) is 8.10. The summed E-state index contributed by atoms with van der Waals surface area (Å²) in [6.07, 6.45) is 5.15. The Bertz CT molecular complexity index is 1270. The minimum atomic E-state index is 0.219. The minimum absolute atomic E-state index is 0.219. The molecular weight excluding hydrogens is 350 g/mol. The van der Waals surface area contributed by atoms with Crippen molar-refractivity contribution in [3.63, 3.8) is 0 Å². The Morgan fingerprint density at radius 1 is 1.19 bits per heavy atom. The van der Waals surface area contributed by atoms with E-state index in [9.17, 15) is 0 Å². The molecule has 0 bridgehead atoms. The zero-order chi connectivity index (χ0) is 18.4. The van der Waals surface area contributed by atoms with Gasteiger partial charge in [-0.15, -0.1) is 20.4 Å². The molecule has 0 atom stereocenters. The van der Waals surface area contributed by atoms with Crippen molar-refractivity contribution in [2.75, 3.05) is 0 Å². The van der Waals surface area contributed by atoms with Gasteiger partial charge in [-0.3, -0.25) is 9.67 Å². The van der Waals surface area contributed by atoms with E-state index in [0.717, 1.165) is 10.8 Å². The first-order chi connectivity index (χ1) is 13.2. The van der Waals surface area contributed by atoms with Crippen LogP contribution in [0.25, 0.3) is 27.9 Å². The molecule has 0 aliphatic heterocycles. The molecule has 0 aliphatic carbocycles. The highest BCUT2D eigenvalue weighted by atomic mass is 16.5. The summed E-state index contributed by atoms with van der Waals surface area (Å²) in [6.45, 7) is 2.03. The summed E-state index contributed by atoms with van der Waals surface area (Å²) >= 11 is 0. The molecule has 0 aliphatic rings. The Labute approximate surface area is 151 Å². The number of hydrogen-bond acceptors (Lipinski definition) is 9. The quantitative estimate of drug-likeness (QED) is 0.465. The molecule has 0 aromatic carbocycles. The fraction of sp³-hybridized carbons (Fsp3) is 0.188. The van der Waals surface area contributed by atoms with Crippen molar-refractivity contribution >= 4 is 16.4 Å². The fourth-order valence-corrected chi connectivity index (χ4v) is 2.79. The average molecular weight is 363 g/mol. The predicted molar refractivity (Wildman–Crippen MR) is 91.7 cm³/mol. The van der Waals surface area contributed by atoms with Crippen molar-refractivity contribution in [2.24, 2.45) is 7.05 Å². The van der Waals surface area contributed by atoms with E-state index < -0.39 is 0 Å². The van der Waals surface area contributed by atoms with Crippen molar-refractivity contribution in [1.82, 2.24) is 44.9 Å². The molecule has 0 spiro atoms. The monoisotopic (exact) mass is 363 g/mol. The summed E-state index contributed by atoms with van der Waals surface area (Å²) in [6, 6.07) is 3.61. The molecule has 134 valence electrons. The molecule has 5 aromatic rings. The summed E-state index contributed by atoms with van der Waals surface area (Å²) in [4.78, 5) is 4.17. The Balaban J connectivity index is 1.66. The number of nitrogens with zero attached hydrogens (tertiary/aromatic N) is 9. The van der Waals surface area contributed by atoms with Gasteiger partial charge in [0.05, 0.1) is 11.6 Å². The number of rotatable bonds is 4. The van der Waals surface area contributed by atoms with Gasteiger partial charge in [0, 0.05) is 30.9 Å². The third-order valence-electron chi connectivity index (χ3n) is 3.99. The van der Waals surface area contributed by atoms with E-state index >= 15 is 0 Å². The van der Waals surface area contributed by atoms with Gasteiger partial charge < -0.3 is 9.26 Å². The lowest BCUT2D eigenvalue weighted by Gasteiger charge is -2.08. The molecule has 11 heteroatoms. The van der Waals surface area contributed by atoms with E-state index in [-0.39, 0.29) is 6.61 Å². The molecule has 0 amide bonds. The van der Waals surface area contributed by atoms with E-state index in [0.29, 0.717) is 34.5 Å². The van der Waals surface area contributed by atoms with Crippen LogP contribution in [0.1, 0.15) is 11.5 Å². The van der Waals surface area contributed by atoms with Crippen LogP contribution >= 0.6 is 0 Å². The summed E-state index contributed by atoms with van der Waals surface area (Å²) in [5.41, 5.74) is 1.81. The second-order valence-corrected chi connectivity index (χ2v) is 5.98. The van der Waals surface area contributed by atoms with Crippen LogP contribution in [0.5, 0.6) is 5.88 Å². The Kier molecular flexibility index (Phi) is 3.32. The molecular formula is C16H13N9O2. The number of pyridine rings is 1. The lowest BCUT2D eigenvalue weighted by molar-refractivity contribution is 0.289. The highest BCUT2D eigenvalue weighted by molar-refractivity contribution is 5.96. The summed E-state index contributed by atoms with van der Waals surface area (Å²) in [5.74, 6) is 1.52. The van der Waals surface area contributed by atoms with Gasteiger partial charge in [0.1, 0.15) is 18.1 Å². The maximum Gasteiger partial charge on any atom is 0.241 e. The van der Waals surface area contributed by atoms with Gasteiger partial charge in [0.2, 0.25) is 11.7 Å². The van der Waals surface area contributed by atoms with Crippen LogP contribution in [-0.4, -0.2) is 44.9 Å². The SMILES string of the molecule is Cc1cc(-c2nnc3c4ccncc4c(OCc4cn(C)nn4)nn23)no1. The van der Waals surface area contributed by atoms with Crippen molar-refractivity contribution < 1.29 is 9.26 Å². The third kappa shape index (κ3) is 2.56. The molecule has 5 rings (SSSR count). The first-order valence-electron chi connectivity index (χ1n) is 8.10. The van der Waals surface area contributed by atoms with Gasteiger partial charge in [-0.05, 0) is 13.0 Å². The number of aromatic nitrogens is 9. The van der Waals surface area contributed by atoms with Crippen LogP contribution in [0.3, 0.4) is 0 Å². The molecule has 0 fully saturated rings. The van der Waals surface area contributed by atoms with Crippen LogP contribution < -0.4 is 4.74 Å². The van der Waals surface area contributed by atoms with E-state index in [4.69, 9.17) is 9.26 Å². The van der Waals surface area contributed by atoms with Gasteiger partial charge in [-0.2, -0.15) is 4.52 Å². The lowest BCUT2D eigenvalue weighted by atomic mass is 10.2. The second-order valence-electron chi connectivity index (χ2n) is 5.98. The topological polar surface area (TPSA) is 122 Å². The Morgan fingerprint density at radius 2 is 2.11 bits per heavy atom. The maximum atomic E-state index is 5.91. The Hall–Kier alpha value is -3.89. The zero-order valence-electron chi connectivity index (χ0n) is 14.4. The molecule has 0 N–H and O–H groups in total. The minimum Gasteiger partial charge on any atom is -0.470 e. The van der Waals surface area contributed by atoms with Crippen LogP contribution in [0.4, 0.5) is 0 Å².